The van der Waals surface area contributed by atoms with E-state index in [4.69, 9.17) is 4.74 Å². The van der Waals surface area contributed by atoms with Crippen LogP contribution >= 0.6 is 11.3 Å². The van der Waals surface area contributed by atoms with E-state index < -0.39 is 0 Å². The molecule has 1 aliphatic rings. The molecule has 2 aromatic rings. The van der Waals surface area contributed by atoms with Crippen LogP contribution in [0.15, 0.2) is 29.6 Å². The molecule has 0 radical (unpaired) electrons. The number of rotatable bonds is 3. The Morgan fingerprint density at radius 1 is 1.47 bits per heavy atom. The van der Waals surface area contributed by atoms with E-state index >= 15 is 0 Å². The Kier molecular flexibility index (Phi) is 3.34. The lowest BCUT2D eigenvalue weighted by Crippen LogP contribution is -2.22. The summed E-state index contributed by atoms with van der Waals surface area (Å²) in [7, 11) is 0. The molecule has 19 heavy (non-hydrogen) atoms. The van der Waals surface area contributed by atoms with Crippen molar-refractivity contribution in [3.63, 3.8) is 0 Å². The fourth-order valence-corrected chi connectivity index (χ4v) is 3.21. The molecule has 0 bridgehead atoms. The van der Waals surface area contributed by atoms with E-state index in [2.05, 4.69) is 4.98 Å². The van der Waals surface area contributed by atoms with Gasteiger partial charge >= 0.3 is 0 Å². The number of ether oxygens (including phenoxy) is 1. The third kappa shape index (κ3) is 2.54. The topological polar surface area (TPSA) is 39.2 Å². The Morgan fingerprint density at radius 3 is 3.11 bits per heavy atom. The molecular formula is C15H15NO2S. The fourth-order valence-electron chi connectivity index (χ4n) is 2.43. The van der Waals surface area contributed by atoms with Crippen molar-refractivity contribution in [3.05, 3.63) is 45.9 Å². The Bertz CT molecular complexity index is 606. The minimum absolute atomic E-state index is 0.0471. The highest BCUT2D eigenvalue weighted by atomic mass is 32.1. The van der Waals surface area contributed by atoms with E-state index in [1.807, 2.05) is 36.6 Å². The van der Waals surface area contributed by atoms with Gasteiger partial charge in [-0.05, 0) is 19.4 Å². The predicted molar refractivity (Wildman–Crippen MR) is 74.9 cm³/mol. The van der Waals surface area contributed by atoms with Gasteiger partial charge in [0.2, 0.25) is 0 Å². The molecular weight excluding hydrogens is 258 g/mol. The van der Waals surface area contributed by atoms with Crippen LogP contribution in [-0.2, 0) is 11.2 Å². The molecule has 1 aromatic heterocycles. The fraction of sp³-hybridized carbons (Fsp3) is 0.333. The minimum Gasteiger partial charge on any atom is -0.493 e. The van der Waals surface area contributed by atoms with Crippen LogP contribution in [0, 0.1) is 6.92 Å². The first-order chi connectivity index (χ1) is 9.24. The molecule has 1 aliphatic heterocycles. The van der Waals surface area contributed by atoms with Crippen molar-refractivity contribution in [2.75, 3.05) is 6.61 Å². The van der Waals surface area contributed by atoms with E-state index in [1.54, 1.807) is 11.3 Å². The van der Waals surface area contributed by atoms with Gasteiger partial charge in [-0.3, -0.25) is 4.79 Å². The van der Waals surface area contributed by atoms with Gasteiger partial charge in [0.1, 0.15) is 16.5 Å². The zero-order valence-corrected chi connectivity index (χ0v) is 11.6. The van der Waals surface area contributed by atoms with Gasteiger partial charge in [0.25, 0.3) is 0 Å². The Balaban J connectivity index is 1.81. The smallest absolute Gasteiger partial charge is 0.147 e. The zero-order chi connectivity index (χ0) is 13.2. The molecule has 0 aliphatic carbocycles. The summed E-state index contributed by atoms with van der Waals surface area (Å²) in [6, 6.07) is 7.82. The van der Waals surface area contributed by atoms with Crippen molar-refractivity contribution in [2.45, 2.75) is 25.7 Å². The number of hydrogen-bond acceptors (Lipinski definition) is 4. The molecule has 3 rings (SSSR count). The van der Waals surface area contributed by atoms with Crippen molar-refractivity contribution in [1.29, 1.82) is 0 Å². The lowest BCUT2D eigenvalue weighted by atomic mass is 9.88. The minimum atomic E-state index is -0.0471. The van der Waals surface area contributed by atoms with Crippen LogP contribution in [0.3, 0.4) is 0 Å². The SMILES string of the molecule is Cc1csc(CC(=O)C2CCOc3ccccc32)n1. The van der Waals surface area contributed by atoms with Crippen molar-refractivity contribution < 1.29 is 9.53 Å². The first-order valence-electron chi connectivity index (χ1n) is 6.39. The van der Waals surface area contributed by atoms with Gasteiger partial charge in [-0.15, -0.1) is 11.3 Å². The van der Waals surface area contributed by atoms with Crippen LogP contribution in [0.1, 0.15) is 28.6 Å². The monoisotopic (exact) mass is 273 g/mol. The molecule has 3 nitrogen and oxygen atoms in total. The second-order valence-electron chi connectivity index (χ2n) is 4.75. The zero-order valence-electron chi connectivity index (χ0n) is 10.8. The normalized spacial score (nSPS) is 17.6. The summed E-state index contributed by atoms with van der Waals surface area (Å²) in [5.41, 5.74) is 2.01. The highest BCUT2D eigenvalue weighted by molar-refractivity contribution is 7.09. The standard InChI is InChI=1S/C15H15NO2S/c1-10-9-19-15(16-10)8-13(17)11-6-7-18-14-5-3-2-4-12(11)14/h2-5,9,11H,6-8H2,1H3. The van der Waals surface area contributed by atoms with E-state index in [1.165, 1.54) is 0 Å². The number of carbonyl (C=O) groups is 1. The van der Waals surface area contributed by atoms with E-state index in [0.29, 0.717) is 13.0 Å². The summed E-state index contributed by atoms with van der Waals surface area (Å²) in [4.78, 5) is 16.8. The molecule has 0 amide bonds. The first-order valence-corrected chi connectivity index (χ1v) is 7.27. The highest BCUT2D eigenvalue weighted by Gasteiger charge is 2.27. The number of hydrogen-bond donors (Lipinski definition) is 0. The molecule has 0 saturated heterocycles. The third-order valence-electron chi connectivity index (χ3n) is 3.34. The van der Waals surface area contributed by atoms with Gasteiger partial charge in [0.15, 0.2) is 0 Å². The van der Waals surface area contributed by atoms with E-state index in [9.17, 15) is 4.79 Å². The average molecular weight is 273 g/mol. The van der Waals surface area contributed by atoms with Crippen molar-refractivity contribution in [1.82, 2.24) is 4.98 Å². The van der Waals surface area contributed by atoms with Crippen LogP contribution in [0.25, 0.3) is 0 Å². The first kappa shape index (κ1) is 12.4. The van der Waals surface area contributed by atoms with Gasteiger partial charge in [-0.25, -0.2) is 4.98 Å². The molecule has 1 unspecified atom stereocenters. The molecule has 0 saturated carbocycles. The molecule has 2 heterocycles. The number of Topliss-reactive ketones (excluding diaryl/α,β-unsaturated/α-hetero) is 1. The summed E-state index contributed by atoms with van der Waals surface area (Å²) in [5, 5.41) is 2.90. The highest BCUT2D eigenvalue weighted by Crippen LogP contribution is 2.34. The second kappa shape index (κ2) is 5.13. The number of carbonyl (C=O) groups excluding carboxylic acids is 1. The number of fused-ring (bicyclic) bond motifs is 1. The molecule has 4 heteroatoms. The number of ketones is 1. The third-order valence-corrected chi connectivity index (χ3v) is 4.31. The maximum atomic E-state index is 12.5. The quantitative estimate of drug-likeness (QED) is 0.862. The number of para-hydroxylation sites is 1. The summed E-state index contributed by atoms with van der Waals surface area (Å²) in [6.45, 7) is 2.57. The van der Waals surface area contributed by atoms with Crippen molar-refractivity contribution >= 4 is 17.1 Å². The predicted octanol–water partition coefficient (Wildman–Crippen LogP) is 3.13. The van der Waals surface area contributed by atoms with E-state index in [-0.39, 0.29) is 11.7 Å². The Hall–Kier alpha value is -1.68. The van der Waals surface area contributed by atoms with Crippen LogP contribution < -0.4 is 4.74 Å². The molecule has 0 fully saturated rings. The maximum Gasteiger partial charge on any atom is 0.147 e. The van der Waals surface area contributed by atoms with Gasteiger partial charge in [-0.2, -0.15) is 0 Å². The Labute approximate surface area is 116 Å². The summed E-state index contributed by atoms with van der Waals surface area (Å²) in [6.07, 6.45) is 1.19. The maximum absolute atomic E-state index is 12.5. The van der Waals surface area contributed by atoms with Gasteiger partial charge in [0.05, 0.1) is 13.0 Å². The molecule has 0 spiro atoms. The van der Waals surface area contributed by atoms with Gasteiger partial charge in [-0.1, -0.05) is 18.2 Å². The molecule has 0 N–H and O–H groups in total. The largest absolute Gasteiger partial charge is 0.493 e. The van der Waals surface area contributed by atoms with Crippen LogP contribution in [0.4, 0.5) is 0 Å². The van der Waals surface area contributed by atoms with Crippen LogP contribution in [0.2, 0.25) is 0 Å². The number of aryl methyl sites for hydroxylation is 1. The molecule has 1 atom stereocenters. The second-order valence-corrected chi connectivity index (χ2v) is 5.70. The van der Waals surface area contributed by atoms with Gasteiger partial charge in [0, 0.05) is 22.6 Å². The lowest BCUT2D eigenvalue weighted by Gasteiger charge is -2.24. The lowest BCUT2D eigenvalue weighted by molar-refractivity contribution is -0.120. The van der Waals surface area contributed by atoms with Crippen molar-refractivity contribution in [3.8, 4) is 5.75 Å². The number of nitrogens with zero attached hydrogens (tertiary/aromatic N) is 1. The molecule has 98 valence electrons. The van der Waals surface area contributed by atoms with Crippen LogP contribution in [-0.4, -0.2) is 17.4 Å². The summed E-state index contributed by atoms with van der Waals surface area (Å²) < 4.78 is 5.59. The van der Waals surface area contributed by atoms with Gasteiger partial charge < -0.3 is 4.74 Å². The summed E-state index contributed by atoms with van der Waals surface area (Å²) in [5.74, 6) is 1.04. The number of aromatic nitrogens is 1. The number of thiazole rings is 1. The Morgan fingerprint density at radius 2 is 2.32 bits per heavy atom. The average Bonchev–Trinajstić information content (AvgIpc) is 2.83. The van der Waals surface area contributed by atoms with E-state index in [0.717, 1.165) is 28.4 Å². The molecule has 1 aromatic carbocycles. The number of benzene rings is 1. The summed E-state index contributed by atoms with van der Waals surface area (Å²) >= 11 is 1.56. The van der Waals surface area contributed by atoms with Crippen LogP contribution in [0.5, 0.6) is 5.75 Å². The van der Waals surface area contributed by atoms with Crippen molar-refractivity contribution in [2.24, 2.45) is 0 Å².